The Kier molecular flexibility index (Phi) is 19.8. The van der Waals surface area contributed by atoms with Gasteiger partial charge in [0.1, 0.15) is 61.8 Å². The summed E-state index contributed by atoms with van der Waals surface area (Å²) < 4.78 is 114. The van der Waals surface area contributed by atoms with E-state index in [-0.39, 0.29) is 69.3 Å². The van der Waals surface area contributed by atoms with E-state index in [9.17, 15) is 59.0 Å². The minimum absolute atomic E-state index is 0.0395. The number of nitriles is 2. The van der Waals surface area contributed by atoms with Gasteiger partial charge >= 0.3 is 0 Å². The van der Waals surface area contributed by atoms with Crippen LogP contribution < -0.4 is 24.6 Å². The number of rotatable bonds is 22. The van der Waals surface area contributed by atoms with E-state index < -0.39 is 72.7 Å². The summed E-state index contributed by atoms with van der Waals surface area (Å²) >= 11 is 2.02. The summed E-state index contributed by atoms with van der Waals surface area (Å²) in [7, 11) is -11.6. The maximum absolute atomic E-state index is 12.3. The van der Waals surface area contributed by atoms with Gasteiger partial charge in [0.05, 0.1) is 57.5 Å². The van der Waals surface area contributed by atoms with Gasteiger partial charge in [0, 0.05) is 56.4 Å². The Morgan fingerprint density at radius 3 is 1.66 bits per heavy atom. The lowest BCUT2D eigenvalue weighted by atomic mass is 10.0. The summed E-state index contributed by atoms with van der Waals surface area (Å²) in [6.45, 7) is 11.5. The van der Waals surface area contributed by atoms with Gasteiger partial charge in [0.25, 0.3) is 36.3 Å². The molecule has 3 heterocycles. The van der Waals surface area contributed by atoms with Crippen molar-refractivity contribution in [3.05, 3.63) is 45.1 Å². The molecule has 0 aliphatic carbocycles. The first-order valence-electron chi connectivity index (χ1n) is 21.9. The number of thiophene rings is 2. The van der Waals surface area contributed by atoms with Crippen molar-refractivity contribution < 1.29 is 58.0 Å². The van der Waals surface area contributed by atoms with Crippen LogP contribution in [0.15, 0.2) is 69.5 Å². The van der Waals surface area contributed by atoms with Crippen molar-refractivity contribution in [1.29, 1.82) is 10.5 Å². The van der Waals surface area contributed by atoms with E-state index in [0.29, 0.717) is 83.2 Å². The van der Waals surface area contributed by atoms with E-state index in [1.807, 2.05) is 44.4 Å². The zero-order valence-electron chi connectivity index (χ0n) is 40.5. The largest absolute Gasteiger partial charge is 0.494 e. The molecule has 0 fully saturated rings. The smallest absolute Gasteiger partial charge is 0.297 e. The van der Waals surface area contributed by atoms with E-state index in [4.69, 9.17) is 24.5 Å². The second-order valence-corrected chi connectivity index (χ2v) is 22.7. The van der Waals surface area contributed by atoms with E-state index in [0.717, 1.165) is 11.8 Å². The first-order valence-corrected chi connectivity index (χ1v) is 29.0. The van der Waals surface area contributed by atoms with Crippen LogP contribution >= 0.6 is 34.4 Å². The third-order valence-electron chi connectivity index (χ3n) is 10.8. The number of benzene rings is 2. The molecule has 2 aromatic heterocycles. The Morgan fingerprint density at radius 1 is 0.743 bits per heavy atom. The number of ether oxygens (including phenoxy) is 2. The van der Waals surface area contributed by atoms with Crippen LogP contribution in [-0.2, 0) is 30.4 Å². The molecular weight excluding hydrogens is 1080 g/mol. The normalized spacial score (nSPS) is 14.8. The highest BCUT2D eigenvalue weighted by molar-refractivity contribution is 8.14. The lowest BCUT2D eigenvalue weighted by Crippen LogP contribution is -2.25. The molecule has 25 nitrogen and oxygen atoms in total. The number of aldehydes is 2. The van der Waals surface area contributed by atoms with Gasteiger partial charge in [-0.15, -0.1) is 54.9 Å². The topological polar surface area (TPSA) is 368 Å². The molecule has 0 radical (unpaired) electrons. The minimum Gasteiger partial charge on any atom is -0.494 e. The highest BCUT2D eigenvalue weighted by Crippen LogP contribution is 2.45. The predicted octanol–water partition coefficient (Wildman–Crippen LogP) is 9.16. The molecule has 0 saturated heterocycles. The number of nitrogens with zero attached hydrogens (tertiary/aromatic N) is 11. The average molecular weight is 1130 g/mol. The van der Waals surface area contributed by atoms with Crippen molar-refractivity contribution in [2.75, 3.05) is 67.0 Å². The third kappa shape index (κ3) is 13.8. The third-order valence-corrected chi connectivity index (χ3v) is 16.9. The lowest BCUT2D eigenvalue weighted by Gasteiger charge is -2.25. The molecule has 1 aliphatic rings. The van der Waals surface area contributed by atoms with Crippen LogP contribution in [0.2, 0.25) is 0 Å². The van der Waals surface area contributed by atoms with Crippen LogP contribution in [-0.4, -0.2) is 120 Å². The number of hydrogen-bond donors (Lipinski definition) is 4. The summed E-state index contributed by atoms with van der Waals surface area (Å²) in [6.07, 6.45) is 0.853. The van der Waals surface area contributed by atoms with Crippen molar-refractivity contribution in [2.24, 2.45) is 41.4 Å². The van der Waals surface area contributed by atoms with Gasteiger partial charge in [0.2, 0.25) is 0 Å². The Labute approximate surface area is 438 Å². The molecule has 1 unspecified atom stereocenters. The van der Waals surface area contributed by atoms with Crippen LogP contribution in [0.1, 0.15) is 77.9 Å². The quantitative estimate of drug-likeness (QED) is 0.0323. The molecule has 1 aliphatic heterocycles. The van der Waals surface area contributed by atoms with Gasteiger partial charge in [0.15, 0.2) is 22.6 Å². The fourth-order valence-corrected chi connectivity index (χ4v) is 13.1. The number of hydrogen-bond acceptors (Lipinski definition) is 23. The number of methoxy groups -OCH3 is 2. The van der Waals surface area contributed by atoms with Crippen LogP contribution in [0.3, 0.4) is 0 Å². The number of amidine groups is 1. The zero-order chi connectivity index (χ0) is 54.7. The van der Waals surface area contributed by atoms with Crippen molar-refractivity contribution in [2.45, 2.75) is 57.3 Å². The lowest BCUT2D eigenvalue weighted by molar-refractivity contribution is 0.111. The van der Waals surface area contributed by atoms with Crippen molar-refractivity contribution in [1.82, 2.24) is 0 Å². The second-order valence-electron chi connectivity index (χ2n) is 15.1. The van der Waals surface area contributed by atoms with Gasteiger partial charge in [-0.05, 0) is 46.2 Å². The Morgan fingerprint density at radius 2 is 1.23 bits per heavy atom. The summed E-state index contributed by atoms with van der Waals surface area (Å²) in [4.78, 5) is 39.4. The number of carbonyl (C=O) groups is 2. The molecule has 2 aromatic carbocycles. The molecule has 31 heteroatoms. The summed E-state index contributed by atoms with van der Waals surface area (Å²) in [5.41, 5.74) is 0.169. The maximum atomic E-state index is 12.3. The molecule has 0 saturated carbocycles. The fraction of sp³-hybridized carbons (Fsp3) is 0.372. The zero-order valence-corrected chi connectivity index (χ0v) is 45.4. The van der Waals surface area contributed by atoms with Gasteiger partial charge in [-0.3, -0.25) is 23.2 Å². The molecule has 0 amide bonds. The van der Waals surface area contributed by atoms with Gasteiger partial charge in [-0.1, -0.05) is 6.92 Å². The molecular formula is C43H48N12O13S6. The predicted molar refractivity (Wildman–Crippen MR) is 283 cm³/mol. The van der Waals surface area contributed by atoms with Gasteiger partial charge in [-0.25, -0.2) is 9.98 Å². The number of guanidine groups is 1. The van der Waals surface area contributed by atoms with Crippen LogP contribution in [0.4, 0.5) is 44.1 Å². The van der Waals surface area contributed by atoms with Crippen molar-refractivity contribution >= 4 is 138 Å². The number of azo groups is 2. The van der Waals surface area contributed by atoms with Gasteiger partial charge < -0.3 is 24.6 Å². The molecule has 0 spiro atoms. The molecule has 0 bridgehead atoms. The standard InChI is InChI=1S/C43H48N12O13S6/c1-8-24-15-37(69-13-14-72(58,59)60)48-43(47-28-17-32(55(11-4)12-5)34(68-7)19-30(28)51-53-42-26(21-45)39(74(64,65)66)36(23-57)71-42)49-40(24)46-27-16-31(54(9-2)10-3)33(67-6)18-29(27)50-52-41-25(20-44)38(73(61,62)63)35(22-56)70-41/h16-19,22-24H,8-15H2,1-7H3,(H,46,47,49)(H,58,59,60)(H,61,62,63)(H,64,65,66). The number of thioether (sulfide) groups is 1. The minimum atomic E-state index is -5.06. The molecule has 4 aromatic rings. The van der Waals surface area contributed by atoms with E-state index in [1.165, 1.54) is 26.4 Å². The van der Waals surface area contributed by atoms with Crippen LogP contribution in [0.5, 0.6) is 11.5 Å². The average Bonchev–Trinajstić information content (AvgIpc) is 3.88. The maximum Gasteiger partial charge on any atom is 0.297 e. The van der Waals surface area contributed by atoms with Crippen LogP contribution in [0.25, 0.3) is 0 Å². The number of anilines is 3. The van der Waals surface area contributed by atoms with E-state index in [1.54, 1.807) is 24.3 Å². The van der Waals surface area contributed by atoms with E-state index in [2.05, 4.69) is 25.8 Å². The summed E-state index contributed by atoms with van der Waals surface area (Å²) in [5, 5.41) is 39.9. The Bertz CT molecular complexity index is 3400. The highest BCUT2D eigenvalue weighted by atomic mass is 32.2. The Hall–Kier alpha value is -6.55. The summed E-state index contributed by atoms with van der Waals surface area (Å²) in [6, 6.07) is 9.61. The molecule has 4 N–H and O–H groups in total. The second kappa shape index (κ2) is 25.1. The first-order chi connectivity index (χ1) is 35.1. The Balaban J connectivity index is 1.82. The SMILES string of the molecule is CCC1CC(SCCS(=O)(=O)O)=NC(=Nc2cc(N(CC)CC)c(OC)cc2N=Nc2sc(C=O)c(S(=O)(=O)O)c2C#N)N=C1Nc1cc(N(CC)CC)c(OC)cc1N=Nc1sc(C=O)c(S(=O)(=O)O)c1C#N. The van der Waals surface area contributed by atoms with Crippen molar-refractivity contribution in [3.63, 3.8) is 0 Å². The molecule has 5 rings (SSSR count). The molecule has 394 valence electrons. The van der Waals surface area contributed by atoms with E-state index >= 15 is 0 Å². The number of carbonyl (C=O) groups excluding carboxylic acids is 2. The first kappa shape index (κ1) is 58.3. The highest BCUT2D eigenvalue weighted by Gasteiger charge is 2.30. The van der Waals surface area contributed by atoms with Gasteiger partial charge in [-0.2, -0.15) is 40.8 Å². The van der Waals surface area contributed by atoms with Crippen molar-refractivity contribution in [3.8, 4) is 23.6 Å². The summed E-state index contributed by atoms with van der Waals surface area (Å²) in [5.74, 6) is -0.637. The molecule has 74 heavy (non-hydrogen) atoms. The monoisotopic (exact) mass is 1130 g/mol. The fourth-order valence-electron chi connectivity index (χ4n) is 7.26. The van der Waals surface area contributed by atoms with Crippen LogP contribution in [0, 0.1) is 28.6 Å². The molecule has 1 atom stereocenters. The number of aliphatic imine (C=N–C) groups is 3. The number of nitrogens with one attached hydrogen (secondary N) is 1.